The van der Waals surface area contributed by atoms with Gasteiger partial charge in [-0.05, 0) is 19.3 Å². The standard InChI is InChI=1S/C21H38N6O2.HI/c1-16(2)19(28)27-9-7-18(15-27)24-21(22-3)23-8-10-25-11-13-26(14-12-25)20(29)17-5-4-6-17;/h16-18H,4-15H2,1-3H3,(H2,22,23,24);1H. The zero-order valence-corrected chi connectivity index (χ0v) is 21.1. The minimum atomic E-state index is 0. The maximum atomic E-state index is 12.3. The van der Waals surface area contributed by atoms with E-state index in [1.165, 1.54) is 6.42 Å². The summed E-state index contributed by atoms with van der Waals surface area (Å²) in [7, 11) is 1.78. The van der Waals surface area contributed by atoms with E-state index in [9.17, 15) is 9.59 Å². The number of carbonyl (C=O) groups excluding carboxylic acids is 2. The molecule has 0 aromatic rings. The van der Waals surface area contributed by atoms with Crippen LogP contribution < -0.4 is 10.6 Å². The second-order valence-corrected chi connectivity index (χ2v) is 8.86. The van der Waals surface area contributed by atoms with Gasteiger partial charge in [-0.25, -0.2) is 0 Å². The molecule has 30 heavy (non-hydrogen) atoms. The second kappa shape index (κ2) is 12.1. The molecular weight excluding hydrogens is 495 g/mol. The van der Waals surface area contributed by atoms with Crippen LogP contribution in [0.4, 0.5) is 0 Å². The molecule has 3 fully saturated rings. The molecule has 3 rings (SSSR count). The molecule has 2 saturated heterocycles. The van der Waals surface area contributed by atoms with Gasteiger partial charge in [0.2, 0.25) is 11.8 Å². The average molecular weight is 534 g/mol. The van der Waals surface area contributed by atoms with Crippen LogP contribution in [0.25, 0.3) is 0 Å². The van der Waals surface area contributed by atoms with Crippen LogP contribution >= 0.6 is 24.0 Å². The first-order valence-electron chi connectivity index (χ1n) is 11.2. The van der Waals surface area contributed by atoms with Crippen molar-refractivity contribution in [2.45, 2.75) is 45.6 Å². The Morgan fingerprint density at radius 1 is 1.03 bits per heavy atom. The van der Waals surface area contributed by atoms with Gasteiger partial charge in [-0.1, -0.05) is 20.3 Å². The zero-order valence-electron chi connectivity index (χ0n) is 18.7. The number of nitrogens with one attached hydrogen (secondary N) is 2. The highest BCUT2D eigenvalue weighted by atomic mass is 127. The molecule has 1 saturated carbocycles. The van der Waals surface area contributed by atoms with E-state index in [1.54, 1.807) is 7.05 Å². The van der Waals surface area contributed by atoms with Gasteiger partial charge in [0, 0.05) is 77.3 Å². The number of carbonyl (C=O) groups is 2. The van der Waals surface area contributed by atoms with Crippen molar-refractivity contribution < 1.29 is 9.59 Å². The van der Waals surface area contributed by atoms with Crippen LogP contribution in [0.15, 0.2) is 4.99 Å². The van der Waals surface area contributed by atoms with Crippen molar-refractivity contribution in [3.8, 4) is 0 Å². The zero-order chi connectivity index (χ0) is 20.8. The second-order valence-electron chi connectivity index (χ2n) is 8.86. The Morgan fingerprint density at radius 2 is 1.73 bits per heavy atom. The van der Waals surface area contributed by atoms with Crippen molar-refractivity contribution >= 4 is 41.8 Å². The van der Waals surface area contributed by atoms with Crippen molar-refractivity contribution in [1.82, 2.24) is 25.3 Å². The van der Waals surface area contributed by atoms with Gasteiger partial charge in [0.25, 0.3) is 0 Å². The Bertz CT molecular complexity index is 602. The molecule has 1 atom stereocenters. The number of hydrogen-bond donors (Lipinski definition) is 2. The molecule has 0 radical (unpaired) electrons. The van der Waals surface area contributed by atoms with E-state index in [-0.39, 0.29) is 41.8 Å². The summed E-state index contributed by atoms with van der Waals surface area (Å²) in [5.41, 5.74) is 0. The summed E-state index contributed by atoms with van der Waals surface area (Å²) in [6.07, 6.45) is 4.33. The molecule has 172 valence electrons. The first kappa shape index (κ1) is 25.2. The molecule has 8 nitrogen and oxygen atoms in total. The predicted octanol–water partition coefficient (Wildman–Crippen LogP) is 0.971. The normalized spacial score (nSPS) is 23.2. The lowest BCUT2D eigenvalue weighted by atomic mass is 9.84. The first-order valence-corrected chi connectivity index (χ1v) is 11.2. The lowest BCUT2D eigenvalue weighted by molar-refractivity contribution is -0.140. The Morgan fingerprint density at radius 3 is 2.30 bits per heavy atom. The third-order valence-electron chi connectivity index (χ3n) is 6.42. The average Bonchev–Trinajstić information content (AvgIpc) is 3.14. The molecule has 2 aliphatic heterocycles. The lowest BCUT2D eigenvalue weighted by Gasteiger charge is -2.38. The fourth-order valence-corrected chi connectivity index (χ4v) is 4.27. The van der Waals surface area contributed by atoms with E-state index in [2.05, 4.69) is 25.4 Å². The minimum Gasteiger partial charge on any atom is -0.355 e. The maximum absolute atomic E-state index is 12.3. The Labute approximate surface area is 198 Å². The Balaban J connectivity index is 0.00000320. The molecule has 2 heterocycles. The van der Waals surface area contributed by atoms with Crippen molar-refractivity contribution in [3.05, 3.63) is 0 Å². The molecule has 0 aromatic carbocycles. The van der Waals surface area contributed by atoms with Gasteiger partial charge in [0.05, 0.1) is 0 Å². The number of likely N-dealkylation sites (tertiary alicyclic amines) is 1. The van der Waals surface area contributed by atoms with E-state index in [4.69, 9.17) is 0 Å². The van der Waals surface area contributed by atoms with Crippen LogP contribution in [0.5, 0.6) is 0 Å². The third kappa shape index (κ3) is 6.70. The minimum absolute atomic E-state index is 0. The van der Waals surface area contributed by atoms with Crippen molar-refractivity contribution in [1.29, 1.82) is 0 Å². The van der Waals surface area contributed by atoms with Gasteiger partial charge in [-0.3, -0.25) is 19.5 Å². The van der Waals surface area contributed by atoms with Crippen LogP contribution in [0, 0.1) is 11.8 Å². The van der Waals surface area contributed by atoms with Crippen LogP contribution in [0.3, 0.4) is 0 Å². The van der Waals surface area contributed by atoms with Gasteiger partial charge in [-0.2, -0.15) is 0 Å². The highest BCUT2D eigenvalue weighted by Crippen LogP contribution is 2.28. The number of halogens is 1. The highest BCUT2D eigenvalue weighted by molar-refractivity contribution is 14.0. The van der Waals surface area contributed by atoms with Gasteiger partial charge < -0.3 is 20.4 Å². The van der Waals surface area contributed by atoms with E-state index in [1.807, 2.05) is 18.7 Å². The number of rotatable bonds is 6. The number of piperazine rings is 1. The summed E-state index contributed by atoms with van der Waals surface area (Å²) in [5, 5.41) is 6.84. The SMILES string of the molecule is CN=C(NCCN1CCN(C(=O)C2CCC2)CC1)NC1CCN(C(=O)C(C)C)C1.I. The third-order valence-corrected chi connectivity index (χ3v) is 6.42. The fourth-order valence-electron chi connectivity index (χ4n) is 4.27. The van der Waals surface area contributed by atoms with Crippen molar-refractivity contribution in [2.75, 3.05) is 59.4 Å². The molecular formula is C21H39IN6O2. The van der Waals surface area contributed by atoms with E-state index in [0.717, 1.165) is 77.6 Å². The van der Waals surface area contributed by atoms with E-state index >= 15 is 0 Å². The fraction of sp³-hybridized carbons (Fsp3) is 0.857. The highest BCUT2D eigenvalue weighted by Gasteiger charge is 2.31. The smallest absolute Gasteiger partial charge is 0.225 e. The molecule has 3 aliphatic rings. The quantitative estimate of drug-likeness (QED) is 0.302. The monoisotopic (exact) mass is 534 g/mol. The van der Waals surface area contributed by atoms with Crippen LogP contribution in [-0.4, -0.2) is 97.9 Å². The van der Waals surface area contributed by atoms with Gasteiger partial charge in [0.15, 0.2) is 5.96 Å². The summed E-state index contributed by atoms with van der Waals surface area (Å²) in [5.74, 6) is 1.76. The van der Waals surface area contributed by atoms with Crippen LogP contribution in [0.2, 0.25) is 0 Å². The van der Waals surface area contributed by atoms with Gasteiger partial charge in [-0.15, -0.1) is 24.0 Å². The molecule has 1 unspecified atom stereocenters. The summed E-state index contributed by atoms with van der Waals surface area (Å²) in [6, 6.07) is 0.255. The molecule has 0 bridgehead atoms. The Hall–Kier alpha value is -1.10. The van der Waals surface area contributed by atoms with Crippen LogP contribution in [0.1, 0.15) is 39.5 Å². The summed E-state index contributed by atoms with van der Waals surface area (Å²) < 4.78 is 0. The molecule has 9 heteroatoms. The number of aliphatic imine (C=N–C) groups is 1. The van der Waals surface area contributed by atoms with E-state index < -0.39 is 0 Å². The molecule has 2 amide bonds. The number of guanidine groups is 1. The van der Waals surface area contributed by atoms with Crippen molar-refractivity contribution in [3.63, 3.8) is 0 Å². The van der Waals surface area contributed by atoms with Crippen LogP contribution in [-0.2, 0) is 9.59 Å². The summed E-state index contributed by atoms with van der Waals surface area (Å²) in [6.45, 7) is 10.8. The first-order chi connectivity index (χ1) is 14.0. The molecule has 0 aromatic heterocycles. The lowest BCUT2D eigenvalue weighted by Crippen LogP contribution is -2.53. The maximum Gasteiger partial charge on any atom is 0.225 e. The van der Waals surface area contributed by atoms with Crippen molar-refractivity contribution in [2.24, 2.45) is 16.8 Å². The number of amides is 2. The van der Waals surface area contributed by atoms with Gasteiger partial charge >= 0.3 is 0 Å². The molecule has 1 aliphatic carbocycles. The Kier molecular flexibility index (Phi) is 10.1. The van der Waals surface area contributed by atoms with Gasteiger partial charge in [0.1, 0.15) is 0 Å². The largest absolute Gasteiger partial charge is 0.355 e. The summed E-state index contributed by atoms with van der Waals surface area (Å²) >= 11 is 0. The predicted molar refractivity (Wildman–Crippen MR) is 130 cm³/mol. The van der Waals surface area contributed by atoms with E-state index in [0.29, 0.717) is 11.8 Å². The number of hydrogen-bond acceptors (Lipinski definition) is 4. The number of nitrogens with zero attached hydrogens (tertiary/aromatic N) is 4. The topological polar surface area (TPSA) is 80.3 Å². The molecule has 2 N–H and O–H groups in total. The summed E-state index contributed by atoms with van der Waals surface area (Å²) in [4.78, 5) is 35.2. The molecule has 0 spiro atoms.